The lowest BCUT2D eigenvalue weighted by atomic mass is 10.1. The van der Waals surface area contributed by atoms with Gasteiger partial charge in [0, 0.05) is 0 Å². The lowest BCUT2D eigenvalue weighted by Crippen LogP contribution is -2.37. The van der Waals surface area contributed by atoms with Crippen LogP contribution in [0.4, 0.5) is 20.4 Å². The van der Waals surface area contributed by atoms with Crippen molar-refractivity contribution >= 4 is 68.0 Å². The van der Waals surface area contributed by atoms with Gasteiger partial charge in [-0.05, 0) is 0 Å². The molecule has 4 N–H and O–H groups in total. The van der Waals surface area contributed by atoms with Crippen LogP contribution in [-0.4, -0.2) is 96.6 Å². The molecule has 3 saturated heterocycles. The van der Waals surface area contributed by atoms with Gasteiger partial charge in [-0.2, -0.15) is 0 Å². The summed E-state index contributed by atoms with van der Waals surface area (Å²) < 4.78 is 95.1. The highest BCUT2D eigenvalue weighted by Crippen LogP contribution is 2.58. The third-order valence-corrected chi connectivity index (χ3v) is 10.2. The van der Waals surface area contributed by atoms with Crippen molar-refractivity contribution in [1.82, 2.24) is 39.0 Å². The molecule has 18 nitrogen and oxygen atoms in total. The zero-order chi connectivity index (χ0) is 31.0. The maximum atomic E-state index is 16.0. The fraction of sp³-hybridized carbons (Fsp3) is 0.500. The van der Waals surface area contributed by atoms with Gasteiger partial charge in [0.2, 0.25) is 0 Å². The number of hydrogen-bond donors (Lipinski definition) is 3. The molecule has 24 heteroatoms. The molecule has 10 atom stereocenters. The summed E-state index contributed by atoms with van der Waals surface area (Å²) >= 11 is 4.01. The van der Waals surface area contributed by atoms with Gasteiger partial charge in [0.15, 0.2) is 47.7 Å². The third kappa shape index (κ3) is 5.17. The van der Waals surface area contributed by atoms with Crippen LogP contribution in [0.5, 0.6) is 0 Å². The Morgan fingerprint density at radius 3 is 1.80 bits per heavy atom. The number of anilines is 2. The van der Waals surface area contributed by atoms with Gasteiger partial charge in [-0.1, -0.05) is 12.2 Å². The van der Waals surface area contributed by atoms with Crippen molar-refractivity contribution in [3.05, 3.63) is 25.3 Å². The molecule has 0 aliphatic carbocycles. The highest BCUT2D eigenvalue weighted by atomic mass is 32.7. The molecule has 7 heterocycles. The first-order chi connectivity index (χ1) is 20.9. The van der Waals surface area contributed by atoms with Gasteiger partial charge >= 0.3 is 6.80 Å². The van der Waals surface area contributed by atoms with E-state index in [1.165, 1.54) is 34.4 Å². The average molecular weight is 674 g/mol. The summed E-state index contributed by atoms with van der Waals surface area (Å²) in [6.45, 7) is -5.56. The maximum absolute atomic E-state index is 16.0. The first-order valence-electron chi connectivity index (χ1n) is 12.9. The number of ether oxygens (including phenoxy) is 2. The Bertz CT molecular complexity index is 1710. The SMILES string of the molecule is BP1(=O)OC[C@H]2O[C@@H](n3cnc4c(N)ncnc43)[C@H](F)[C@@H]2OP(=O)(S)OC[C@H]2O[C@@H](n3cnc4c(N)ncnc43)[C@H](F)[C@@H]2O1. The Morgan fingerprint density at radius 2 is 1.27 bits per heavy atom. The highest BCUT2D eigenvalue weighted by Gasteiger charge is 2.54. The number of thiol groups is 1. The van der Waals surface area contributed by atoms with Crippen LogP contribution >= 0.6 is 26.5 Å². The number of nitrogen functional groups attached to an aromatic ring is 2. The second-order valence-electron chi connectivity index (χ2n) is 10.2. The minimum atomic E-state index is -4.37. The first-order valence-corrected chi connectivity index (χ1v) is 17.6. The van der Waals surface area contributed by atoms with E-state index < -0.39 is 76.7 Å². The van der Waals surface area contributed by atoms with E-state index in [4.69, 9.17) is 39.0 Å². The van der Waals surface area contributed by atoms with E-state index in [0.717, 1.165) is 7.57 Å². The first kappa shape index (κ1) is 29.9. The number of hydrogen-bond acceptors (Lipinski definition) is 16. The van der Waals surface area contributed by atoms with Gasteiger partial charge in [-0.3, -0.25) is 22.7 Å². The van der Waals surface area contributed by atoms with Crippen LogP contribution in [0.25, 0.3) is 22.3 Å². The van der Waals surface area contributed by atoms with E-state index in [-0.39, 0.29) is 34.0 Å². The van der Waals surface area contributed by atoms with Crippen LogP contribution in [0.2, 0.25) is 0 Å². The molecule has 0 aromatic carbocycles. The number of halogens is 2. The molecule has 0 bridgehead atoms. The summed E-state index contributed by atoms with van der Waals surface area (Å²) in [4.78, 5) is 24.1. The zero-order valence-electron chi connectivity index (χ0n) is 22.4. The number of nitrogens with zero attached hydrogens (tertiary/aromatic N) is 8. The molecule has 44 heavy (non-hydrogen) atoms. The second kappa shape index (κ2) is 10.9. The van der Waals surface area contributed by atoms with Crippen LogP contribution in [0, 0.1) is 0 Å². The molecule has 3 fully saturated rings. The molecule has 0 saturated carbocycles. The number of alkyl halides is 2. The highest BCUT2D eigenvalue weighted by molar-refractivity contribution is 8.44. The molecule has 3 aliphatic rings. The summed E-state index contributed by atoms with van der Waals surface area (Å²) in [5.74, 6) is 0.123. The van der Waals surface area contributed by atoms with Crippen LogP contribution in [0.1, 0.15) is 12.5 Å². The van der Waals surface area contributed by atoms with Crippen molar-refractivity contribution in [3.63, 3.8) is 0 Å². The van der Waals surface area contributed by atoms with Gasteiger partial charge in [0.1, 0.15) is 48.1 Å². The molecule has 7 rings (SSSR count). The molecule has 0 amide bonds. The summed E-state index contributed by atoms with van der Waals surface area (Å²) in [6, 6.07) is 0. The quantitative estimate of drug-likeness (QED) is 0.152. The fourth-order valence-corrected chi connectivity index (χ4v) is 7.94. The number of rotatable bonds is 2. The summed E-state index contributed by atoms with van der Waals surface area (Å²) in [7, 11) is -2.97. The Labute approximate surface area is 251 Å². The van der Waals surface area contributed by atoms with E-state index in [9.17, 15) is 9.13 Å². The molecule has 3 aliphatic heterocycles. The van der Waals surface area contributed by atoms with Crippen LogP contribution in [0.15, 0.2) is 25.3 Å². The van der Waals surface area contributed by atoms with Gasteiger partial charge in [-0.25, -0.2) is 43.2 Å². The van der Waals surface area contributed by atoms with Crippen LogP contribution < -0.4 is 11.5 Å². The van der Waals surface area contributed by atoms with Crippen molar-refractivity contribution in [2.24, 2.45) is 0 Å². The number of nitrogens with two attached hydrogens (primary N) is 2. The number of imidazole rings is 2. The lowest BCUT2D eigenvalue weighted by Gasteiger charge is -2.29. The van der Waals surface area contributed by atoms with E-state index in [2.05, 4.69) is 42.2 Å². The van der Waals surface area contributed by atoms with E-state index in [1.807, 2.05) is 0 Å². The smallest absolute Gasteiger partial charge is 0.382 e. The van der Waals surface area contributed by atoms with Gasteiger partial charge in [0.25, 0.3) is 15.0 Å². The molecule has 2 unspecified atom stereocenters. The Balaban J connectivity index is 1.17. The van der Waals surface area contributed by atoms with E-state index in [0.29, 0.717) is 0 Å². The minimum absolute atomic E-state index is 0.0605. The number of aromatic nitrogens is 8. The normalized spacial score (nSPS) is 38.2. The predicted octanol–water partition coefficient (Wildman–Crippen LogP) is 0.898. The fourth-order valence-electron chi connectivity index (χ4n) is 5.28. The molecular formula is C20H23BF2N10O8P2S. The summed E-state index contributed by atoms with van der Waals surface area (Å²) in [5, 5.41) is 0. The largest absolute Gasteiger partial charge is 0.386 e. The molecule has 4 aromatic rings. The Morgan fingerprint density at radius 1 is 0.795 bits per heavy atom. The Kier molecular flexibility index (Phi) is 7.42. The molecule has 4 aromatic heterocycles. The van der Waals surface area contributed by atoms with Gasteiger partial charge in [-0.15, -0.1) is 0 Å². The van der Waals surface area contributed by atoms with Crippen molar-refractivity contribution in [2.45, 2.75) is 49.2 Å². The van der Waals surface area contributed by atoms with Crippen molar-refractivity contribution in [2.75, 3.05) is 24.7 Å². The van der Waals surface area contributed by atoms with E-state index >= 15 is 8.78 Å². The predicted molar refractivity (Wildman–Crippen MR) is 151 cm³/mol. The van der Waals surface area contributed by atoms with Gasteiger partial charge < -0.3 is 30.0 Å². The topological polar surface area (TPSA) is 229 Å². The minimum Gasteiger partial charge on any atom is -0.382 e. The summed E-state index contributed by atoms with van der Waals surface area (Å²) in [6.07, 6.45) is -7.72. The second-order valence-corrected chi connectivity index (χ2v) is 15.0. The molecule has 0 radical (unpaired) electrons. The van der Waals surface area contributed by atoms with Crippen molar-refractivity contribution in [1.29, 1.82) is 0 Å². The maximum Gasteiger partial charge on any atom is 0.386 e. The van der Waals surface area contributed by atoms with E-state index in [1.54, 1.807) is 0 Å². The van der Waals surface area contributed by atoms with Crippen LogP contribution in [-0.2, 0) is 36.7 Å². The van der Waals surface area contributed by atoms with Gasteiger partial charge in [0.05, 0.1) is 25.9 Å². The molecular weight excluding hydrogens is 651 g/mol. The van der Waals surface area contributed by atoms with Crippen molar-refractivity contribution in [3.8, 4) is 0 Å². The lowest BCUT2D eigenvalue weighted by molar-refractivity contribution is -0.0546. The zero-order valence-corrected chi connectivity index (χ0v) is 25.1. The Hall–Kier alpha value is -2.81. The number of fused-ring (bicyclic) bond motifs is 4. The monoisotopic (exact) mass is 674 g/mol. The van der Waals surface area contributed by atoms with Crippen LogP contribution in [0.3, 0.4) is 0 Å². The van der Waals surface area contributed by atoms with Crippen molar-refractivity contribution < 1.29 is 45.5 Å². The standard InChI is InChI=1S/C20H23BF2N10O8P2S/c21-42(34)36-1-7-14(10(23)20(38-7)33-6-31-12-16(25)27-4-29-18(12)33)41-43(35,44)37-2-8-13(40-42)9(22)19(39-8)32-5-30-11-15(24)26-3-28-17(11)32/h3-10,13-14,19-20H,1-2,21H2,(H,35,44)(H2,24,26,28)(H2,25,27,29)/t7-,8-,9-,10-,13-,14-,19-,20-,42?,43?/m1/s1. The third-order valence-electron chi connectivity index (χ3n) is 7.30. The average Bonchev–Trinajstić information content (AvgIpc) is 3.73. The molecule has 234 valence electrons. The summed E-state index contributed by atoms with van der Waals surface area (Å²) in [5.41, 5.74) is 12.4. The molecule has 0 spiro atoms.